The number of hydrogen-bond donors (Lipinski definition) is 1. The SMILES string of the molecule is Cc1nn(CCCC(=O)NCc2cccnc2)c(=O)c2cc3occc3n12. The Labute approximate surface area is 154 Å². The Kier molecular flexibility index (Phi) is 4.45. The minimum absolute atomic E-state index is 0.0649. The number of fused-ring (bicyclic) bond motifs is 3. The summed E-state index contributed by atoms with van der Waals surface area (Å²) in [6, 6.07) is 7.27. The van der Waals surface area contributed by atoms with E-state index in [1.54, 1.807) is 29.1 Å². The number of amides is 1. The van der Waals surface area contributed by atoms with Crippen LogP contribution in [0.4, 0.5) is 0 Å². The van der Waals surface area contributed by atoms with Crippen LogP contribution in [-0.4, -0.2) is 25.1 Å². The third kappa shape index (κ3) is 3.33. The Morgan fingerprint density at radius 1 is 1.30 bits per heavy atom. The third-order valence-corrected chi connectivity index (χ3v) is 4.45. The first kappa shape index (κ1) is 17.0. The molecule has 0 radical (unpaired) electrons. The highest BCUT2D eigenvalue weighted by atomic mass is 16.3. The van der Waals surface area contributed by atoms with E-state index in [1.165, 1.54) is 4.68 Å². The van der Waals surface area contributed by atoms with E-state index in [9.17, 15) is 9.59 Å². The van der Waals surface area contributed by atoms with Crippen LogP contribution in [0.3, 0.4) is 0 Å². The summed E-state index contributed by atoms with van der Waals surface area (Å²) in [5.74, 6) is 0.631. The summed E-state index contributed by atoms with van der Waals surface area (Å²) in [7, 11) is 0. The quantitative estimate of drug-likeness (QED) is 0.564. The van der Waals surface area contributed by atoms with Crippen molar-refractivity contribution in [3.8, 4) is 0 Å². The maximum Gasteiger partial charge on any atom is 0.291 e. The molecule has 0 unspecified atom stereocenters. The van der Waals surface area contributed by atoms with Gasteiger partial charge in [-0.3, -0.25) is 19.0 Å². The number of aromatic nitrogens is 4. The van der Waals surface area contributed by atoms with E-state index in [2.05, 4.69) is 15.4 Å². The van der Waals surface area contributed by atoms with E-state index in [0.29, 0.717) is 42.9 Å². The minimum Gasteiger partial charge on any atom is -0.463 e. The molecular weight excluding hydrogens is 346 g/mol. The second-order valence-corrected chi connectivity index (χ2v) is 6.35. The smallest absolute Gasteiger partial charge is 0.291 e. The van der Waals surface area contributed by atoms with Crippen LogP contribution in [0.1, 0.15) is 24.2 Å². The van der Waals surface area contributed by atoms with E-state index in [4.69, 9.17) is 4.42 Å². The molecule has 138 valence electrons. The number of rotatable bonds is 6. The molecule has 0 aromatic carbocycles. The molecule has 4 aromatic heterocycles. The summed E-state index contributed by atoms with van der Waals surface area (Å²) in [6.07, 6.45) is 5.85. The van der Waals surface area contributed by atoms with Gasteiger partial charge in [0.1, 0.15) is 11.3 Å². The Morgan fingerprint density at radius 2 is 2.19 bits per heavy atom. The molecular formula is C19H19N5O3. The van der Waals surface area contributed by atoms with Gasteiger partial charge >= 0.3 is 0 Å². The zero-order valence-corrected chi connectivity index (χ0v) is 14.9. The lowest BCUT2D eigenvalue weighted by molar-refractivity contribution is -0.121. The van der Waals surface area contributed by atoms with Gasteiger partial charge in [0.25, 0.3) is 5.56 Å². The Morgan fingerprint density at radius 3 is 3.00 bits per heavy atom. The standard InChI is InChI=1S/C19H19N5O3/c1-13-22-23(19(26)16-10-17-15(24(13)16)6-9-27-17)8-3-5-18(25)21-12-14-4-2-7-20-11-14/h2,4,6-7,9-11H,3,5,8,12H2,1H3,(H,21,25). The van der Waals surface area contributed by atoms with E-state index in [0.717, 1.165) is 11.1 Å². The van der Waals surface area contributed by atoms with Crippen molar-refractivity contribution >= 4 is 22.5 Å². The molecule has 0 saturated carbocycles. The highest BCUT2D eigenvalue weighted by Gasteiger charge is 2.14. The van der Waals surface area contributed by atoms with Gasteiger partial charge in [-0.15, -0.1) is 0 Å². The van der Waals surface area contributed by atoms with Gasteiger partial charge in [-0.05, 0) is 25.0 Å². The average molecular weight is 365 g/mol. The number of hydrogen-bond acceptors (Lipinski definition) is 5. The summed E-state index contributed by atoms with van der Waals surface area (Å²) in [5.41, 5.74) is 2.77. The number of furan rings is 1. The molecule has 0 saturated heterocycles. The van der Waals surface area contributed by atoms with Crippen molar-refractivity contribution < 1.29 is 9.21 Å². The molecule has 0 fully saturated rings. The van der Waals surface area contributed by atoms with E-state index in [-0.39, 0.29) is 11.5 Å². The molecule has 0 spiro atoms. The molecule has 27 heavy (non-hydrogen) atoms. The van der Waals surface area contributed by atoms with Crippen LogP contribution in [0.5, 0.6) is 0 Å². The largest absolute Gasteiger partial charge is 0.463 e. The molecule has 0 aliphatic rings. The van der Waals surface area contributed by atoms with Gasteiger partial charge in [0.05, 0.1) is 11.8 Å². The summed E-state index contributed by atoms with van der Waals surface area (Å²) < 4.78 is 8.58. The van der Waals surface area contributed by atoms with Crippen molar-refractivity contribution in [3.05, 3.63) is 64.7 Å². The molecule has 0 aliphatic carbocycles. The Hall–Kier alpha value is -3.42. The molecule has 4 rings (SSSR count). The molecule has 4 aromatic rings. The van der Waals surface area contributed by atoms with Gasteiger partial charge in [-0.1, -0.05) is 6.07 Å². The average Bonchev–Trinajstić information content (AvgIpc) is 3.26. The molecule has 1 amide bonds. The van der Waals surface area contributed by atoms with Crippen molar-refractivity contribution in [3.63, 3.8) is 0 Å². The number of aryl methyl sites for hydroxylation is 2. The van der Waals surface area contributed by atoms with Gasteiger partial charge in [-0.25, -0.2) is 4.68 Å². The number of carbonyl (C=O) groups excluding carboxylic acids is 1. The topological polar surface area (TPSA) is 94.4 Å². The maximum atomic E-state index is 12.7. The lowest BCUT2D eigenvalue weighted by Gasteiger charge is -2.08. The number of nitrogens with one attached hydrogen (secondary N) is 1. The predicted octanol–water partition coefficient (Wildman–Crippen LogP) is 2.04. The number of pyridine rings is 1. The predicted molar refractivity (Wildman–Crippen MR) is 99.3 cm³/mol. The zero-order chi connectivity index (χ0) is 18.8. The van der Waals surface area contributed by atoms with Crippen molar-refractivity contribution in [1.29, 1.82) is 0 Å². The third-order valence-electron chi connectivity index (χ3n) is 4.45. The van der Waals surface area contributed by atoms with Gasteiger partial charge < -0.3 is 9.73 Å². The molecule has 0 aliphatic heterocycles. The molecule has 1 N–H and O–H groups in total. The van der Waals surface area contributed by atoms with Crippen molar-refractivity contribution in [2.45, 2.75) is 32.9 Å². The van der Waals surface area contributed by atoms with Crippen LogP contribution in [0.2, 0.25) is 0 Å². The van der Waals surface area contributed by atoms with Crippen LogP contribution >= 0.6 is 0 Å². The van der Waals surface area contributed by atoms with Crippen LogP contribution in [-0.2, 0) is 17.9 Å². The fraction of sp³-hybridized carbons (Fsp3) is 0.263. The van der Waals surface area contributed by atoms with Crippen molar-refractivity contribution in [2.75, 3.05) is 0 Å². The van der Waals surface area contributed by atoms with E-state index >= 15 is 0 Å². The highest BCUT2D eigenvalue weighted by molar-refractivity contribution is 5.82. The number of nitrogens with zero attached hydrogens (tertiary/aromatic N) is 4. The summed E-state index contributed by atoms with van der Waals surface area (Å²) in [4.78, 5) is 28.7. The van der Waals surface area contributed by atoms with Crippen LogP contribution < -0.4 is 10.9 Å². The summed E-state index contributed by atoms with van der Waals surface area (Å²) >= 11 is 0. The number of carbonyl (C=O) groups is 1. The zero-order valence-electron chi connectivity index (χ0n) is 14.9. The first-order valence-corrected chi connectivity index (χ1v) is 8.75. The first-order valence-electron chi connectivity index (χ1n) is 8.75. The Balaban J connectivity index is 1.41. The molecule has 8 heteroatoms. The van der Waals surface area contributed by atoms with Gasteiger partial charge in [0.15, 0.2) is 5.58 Å². The van der Waals surface area contributed by atoms with Crippen LogP contribution in [0.15, 0.2) is 52.1 Å². The van der Waals surface area contributed by atoms with E-state index < -0.39 is 0 Å². The second-order valence-electron chi connectivity index (χ2n) is 6.35. The van der Waals surface area contributed by atoms with Gasteiger partial charge in [0, 0.05) is 44.0 Å². The van der Waals surface area contributed by atoms with Crippen LogP contribution in [0, 0.1) is 6.92 Å². The highest BCUT2D eigenvalue weighted by Crippen LogP contribution is 2.19. The first-order chi connectivity index (χ1) is 13.1. The summed E-state index contributed by atoms with van der Waals surface area (Å²) in [5, 5.41) is 7.23. The van der Waals surface area contributed by atoms with Gasteiger partial charge in [0.2, 0.25) is 5.91 Å². The molecule has 0 bridgehead atoms. The van der Waals surface area contributed by atoms with Gasteiger partial charge in [-0.2, -0.15) is 5.10 Å². The fourth-order valence-corrected chi connectivity index (χ4v) is 3.16. The van der Waals surface area contributed by atoms with E-state index in [1.807, 2.05) is 25.1 Å². The van der Waals surface area contributed by atoms with Crippen molar-refractivity contribution in [1.82, 2.24) is 24.5 Å². The lowest BCUT2D eigenvalue weighted by Crippen LogP contribution is -2.27. The fourth-order valence-electron chi connectivity index (χ4n) is 3.16. The molecule has 0 atom stereocenters. The molecule has 4 heterocycles. The Bertz CT molecular complexity index is 1160. The second kappa shape index (κ2) is 7.06. The summed E-state index contributed by atoms with van der Waals surface area (Å²) in [6.45, 7) is 2.66. The monoisotopic (exact) mass is 365 g/mol. The lowest BCUT2D eigenvalue weighted by atomic mass is 10.2. The normalized spacial score (nSPS) is 11.3. The van der Waals surface area contributed by atoms with Crippen LogP contribution in [0.25, 0.3) is 16.6 Å². The maximum absolute atomic E-state index is 12.7. The minimum atomic E-state index is -0.192. The molecule has 8 nitrogen and oxygen atoms in total. The van der Waals surface area contributed by atoms with Crippen molar-refractivity contribution in [2.24, 2.45) is 0 Å².